The summed E-state index contributed by atoms with van der Waals surface area (Å²) >= 11 is 0. The number of fused-ring (bicyclic) bond motifs is 2. The number of nitrogens with one attached hydrogen (secondary N) is 3. The highest BCUT2D eigenvalue weighted by Gasteiger charge is 2.26. The van der Waals surface area contributed by atoms with Gasteiger partial charge in [0.2, 0.25) is 27.5 Å². The molecule has 0 radical (unpaired) electrons. The van der Waals surface area contributed by atoms with Gasteiger partial charge in [-0.3, -0.25) is 23.9 Å². The Kier molecular flexibility index (Phi) is 12.3. The number of hydrogen-bond donors (Lipinski definition) is 3. The summed E-state index contributed by atoms with van der Waals surface area (Å²) in [6.07, 6.45) is 6.16. The minimum absolute atomic E-state index is 0.00981. The van der Waals surface area contributed by atoms with E-state index in [2.05, 4.69) is 45.7 Å². The fourth-order valence-electron chi connectivity index (χ4n) is 7.27. The lowest BCUT2D eigenvalue weighted by molar-refractivity contribution is -0.121. The van der Waals surface area contributed by atoms with Crippen molar-refractivity contribution in [1.29, 1.82) is 0 Å². The second-order valence-electron chi connectivity index (χ2n) is 14.9. The first-order valence-electron chi connectivity index (χ1n) is 19.6. The second kappa shape index (κ2) is 17.6. The van der Waals surface area contributed by atoms with E-state index < -0.39 is 21.9 Å². The average molecular weight is 846 g/mol. The Hall–Kier alpha value is -6.19. The van der Waals surface area contributed by atoms with Crippen LogP contribution in [-0.2, 0) is 26.7 Å². The number of benzene rings is 2. The number of anilines is 3. The predicted molar refractivity (Wildman–Crippen MR) is 222 cm³/mol. The molecule has 60 heavy (non-hydrogen) atoms. The molecule has 21 heteroatoms. The third kappa shape index (κ3) is 8.59. The Balaban J connectivity index is 0.933. The van der Waals surface area contributed by atoms with Crippen LogP contribution in [0.1, 0.15) is 39.2 Å². The molecule has 1 atom stereocenters. The SMILES string of the molecule is CNC(=O)CCC(C=O)n1c(=O)n(C)c2cc(N3CCN(CCCN(C)S(=O)(=O)c4ccc(Nc5nc6c(OC(C)C)c(-c7cn[nH]c7)ncn6n5)c(F)c4)CC3)ccc21. The number of aldehydes is 1. The molecule has 19 nitrogen and oxygen atoms in total. The third-order valence-electron chi connectivity index (χ3n) is 10.6. The number of carbonyl (C=O) groups is 2. The van der Waals surface area contributed by atoms with Gasteiger partial charge in [-0.05, 0) is 69.6 Å². The molecule has 1 aliphatic heterocycles. The summed E-state index contributed by atoms with van der Waals surface area (Å²) in [5, 5.41) is 16.5. The molecule has 1 unspecified atom stereocenters. The first-order valence-corrected chi connectivity index (χ1v) is 21.0. The van der Waals surface area contributed by atoms with E-state index in [4.69, 9.17) is 4.74 Å². The lowest BCUT2D eigenvalue weighted by Crippen LogP contribution is -2.47. The fraction of sp³-hybridized carbons (Fsp3) is 0.410. The summed E-state index contributed by atoms with van der Waals surface area (Å²) in [7, 11) is 0.687. The molecule has 0 saturated carbocycles. The van der Waals surface area contributed by atoms with Crippen LogP contribution in [0.5, 0.6) is 5.75 Å². The van der Waals surface area contributed by atoms with Crippen molar-refractivity contribution < 1.29 is 27.1 Å². The maximum atomic E-state index is 15.5. The van der Waals surface area contributed by atoms with Crippen molar-refractivity contribution in [1.82, 2.24) is 53.4 Å². The number of carbonyl (C=O) groups excluding carboxylic acids is 2. The number of amides is 1. The number of aryl methyl sites for hydroxylation is 1. The zero-order valence-electron chi connectivity index (χ0n) is 34.0. The van der Waals surface area contributed by atoms with Gasteiger partial charge in [-0.25, -0.2) is 26.9 Å². The van der Waals surface area contributed by atoms with E-state index >= 15 is 4.39 Å². The van der Waals surface area contributed by atoms with E-state index in [1.807, 2.05) is 32.0 Å². The average Bonchev–Trinajstić information content (AvgIpc) is 3.98. The Morgan fingerprint density at radius 3 is 2.58 bits per heavy atom. The normalized spacial score (nSPS) is 14.4. The summed E-state index contributed by atoms with van der Waals surface area (Å²) in [5.74, 6) is -0.556. The summed E-state index contributed by atoms with van der Waals surface area (Å²) in [6.45, 7) is 7.57. The lowest BCUT2D eigenvalue weighted by atomic mass is 10.1. The number of halogens is 1. The summed E-state index contributed by atoms with van der Waals surface area (Å²) in [5.41, 5.74) is 3.47. The largest absolute Gasteiger partial charge is 0.485 e. The van der Waals surface area contributed by atoms with Crippen LogP contribution in [0.4, 0.5) is 21.7 Å². The maximum absolute atomic E-state index is 15.5. The second-order valence-corrected chi connectivity index (χ2v) is 16.9. The van der Waals surface area contributed by atoms with Crippen LogP contribution >= 0.6 is 0 Å². The van der Waals surface area contributed by atoms with Gasteiger partial charge in [-0.2, -0.15) is 14.6 Å². The van der Waals surface area contributed by atoms with E-state index in [9.17, 15) is 22.8 Å². The van der Waals surface area contributed by atoms with E-state index in [0.717, 1.165) is 37.9 Å². The number of rotatable bonds is 17. The molecule has 1 amide bonds. The van der Waals surface area contributed by atoms with Crippen LogP contribution in [0.15, 0.2) is 64.8 Å². The molecule has 5 heterocycles. The van der Waals surface area contributed by atoms with E-state index in [-0.39, 0.29) is 53.6 Å². The Labute approximate surface area is 345 Å². The number of aromatic nitrogens is 8. The van der Waals surface area contributed by atoms with Gasteiger partial charge in [0.05, 0.1) is 40.0 Å². The standard InChI is InChI=1S/C39H48FN13O6S/c1-25(2)59-36-35(26-21-43-44-22-26)42-24-52-37(36)46-38(47-52)45-31-10-9-29(20-30(31)40)60(57,58)48(4)13-6-14-50-15-17-51(18-16-50)27-7-11-32-33(19-27)49(5)39(56)53(32)28(23-54)8-12-34(55)41-3/h7,9-11,19-25,28H,6,8,12-18H2,1-5H3,(H,41,55)(H,43,44)(H,45,47). The molecular formula is C39H48FN13O6S. The number of piperazine rings is 1. The van der Waals surface area contributed by atoms with Gasteiger partial charge in [0.15, 0.2) is 5.75 Å². The number of aromatic amines is 1. The summed E-state index contributed by atoms with van der Waals surface area (Å²) in [4.78, 5) is 50.2. The van der Waals surface area contributed by atoms with Crippen molar-refractivity contribution in [3.8, 4) is 17.0 Å². The van der Waals surface area contributed by atoms with Crippen LogP contribution in [0.25, 0.3) is 27.9 Å². The molecule has 7 rings (SSSR count). The Bertz CT molecular complexity index is 2670. The number of imidazole rings is 1. The highest BCUT2D eigenvalue weighted by molar-refractivity contribution is 7.89. The van der Waals surface area contributed by atoms with Crippen LogP contribution in [0.3, 0.4) is 0 Å². The third-order valence-corrected chi connectivity index (χ3v) is 12.4. The number of nitrogens with zero attached hydrogens (tertiary/aromatic N) is 10. The molecule has 0 aliphatic carbocycles. The van der Waals surface area contributed by atoms with Crippen molar-refractivity contribution in [2.45, 2.75) is 50.2 Å². The molecule has 3 N–H and O–H groups in total. The maximum Gasteiger partial charge on any atom is 0.329 e. The van der Waals surface area contributed by atoms with Crippen molar-refractivity contribution in [2.24, 2.45) is 7.05 Å². The van der Waals surface area contributed by atoms with Gasteiger partial charge in [0.1, 0.15) is 24.1 Å². The van der Waals surface area contributed by atoms with Gasteiger partial charge in [-0.15, -0.1) is 5.10 Å². The zero-order chi connectivity index (χ0) is 42.7. The van der Waals surface area contributed by atoms with Crippen molar-refractivity contribution in [3.05, 3.63) is 71.4 Å². The molecular weight excluding hydrogens is 798 g/mol. The van der Waals surface area contributed by atoms with E-state index in [1.54, 1.807) is 19.4 Å². The topological polar surface area (TPSA) is 210 Å². The number of hydrogen-bond acceptors (Lipinski definition) is 13. The van der Waals surface area contributed by atoms with Crippen molar-refractivity contribution in [2.75, 3.05) is 63.6 Å². The van der Waals surface area contributed by atoms with Crippen LogP contribution in [-0.4, -0.2) is 128 Å². The molecule has 0 bridgehead atoms. The monoisotopic (exact) mass is 845 g/mol. The lowest BCUT2D eigenvalue weighted by Gasteiger charge is -2.36. The zero-order valence-corrected chi connectivity index (χ0v) is 34.8. The van der Waals surface area contributed by atoms with Crippen LogP contribution in [0.2, 0.25) is 0 Å². The highest BCUT2D eigenvalue weighted by Crippen LogP contribution is 2.33. The van der Waals surface area contributed by atoms with Crippen molar-refractivity contribution >= 4 is 56.2 Å². The molecule has 4 aromatic heterocycles. The first-order chi connectivity index (χ1) is 28.8. The number of ether oxygens (including phenoxy) is 1. The molecule has 2 aromatic carbocycles. The highest BCUT2D eigenvalue weighted by atomic mass is 32.2. The van der Waals surface area contributed by atoms with Gasteiger partial charge in [0.25, 0.3) is 0 Å². The molecule has 318 valence electrons. The number of sulfonamides is 1. The minimum atomic E-state index is -3.99. The van der Waals surface area contributed by atoms with Gasteiger partial charge >= 0.3 is 5.69 Å². The predicted octanol–water partition coefficient (Wildman–Crippen LogP) is 2.94. The first kappa shape index (κ1) is 42.0. The fourth-order valence-corrected chi connectivity index (χ4v) is 8.50. The quantitative estimate of drug-likeness (QED) is 0.113. The summed E-state index contributed by atoms with van der Waals surface area (Å²) in [6, 6.07) is 8.62. The van der Waals surface area contributed by atoms with E-state index in [1.165, 1.54) is 50.5 Å². The minimum Gasteiger partial charge on any atom is -0.485 e. The number of H-pyrrole nitrogens is 1. The Morgan fingerprint density at radius 2 is 1.90 bits per heavy atom. The molecule has 0 spiro atoms. The smallest absolute Gasteiger partial charge is 0.329 e. The van der Waals surface area contributed by atoms with Crippen molar-refractivity contribution in [3.63, 3.8) is 0 Å². The van der Waals surface area contributed by atoms with Gasteiger partial charge in [0, 0.05) is 77.7 Å². The molecule has 6 aromatic rings. The van der Waals surface area contributed by atoms with Gasteiger partial charge < -0.3 is 25.1 Å². The van der Waals surface area contributed by atoms with Crippen LogP contribution < -0.4 is 26.0 Å². The Morgan fingerprint density at radius 1 is 1.12 bits per heavy atom. The molecule has 1 saturated heterocycles. The summed E-state index contributed by atoms with van der Waals surface area (Å²) < 4.78 is 54.1. The van der Waals surface area contributed by atoms with Gasteiger partial charge in [-0.1, -0.05) is 0 Å². The molecule has 1 aliphatic rings. The van der Waals surface area contributed by atoms with Crippen LogP contribution in [0, 0.1) is 5.82 Å². The van der Waals surface area contributed by atoms with E-state index in [0.29, 0.717) is 52.9 Å². The molecule has 1 fully saturated rings.